The van der Waals surface area contributed by atoms with Crippen molar-refractivity contribution in [3.8, 4) is 0 Å². The summed E-state index contributed by atoms with van der Waals surface area (Å²) in [4.78, 5) is 26.1. The zero-order valence-electron chi connectivity index (χ0n) is 14.6. The number of amides is 2. The molecular formula is C16H27N3O4S. The number of nitrogens with zero attached hydrogens (tertiary/aromatic N) is 2. The third-order valence-corrected chi connectivity index (χ3v) is 7.47. The van der Waals surface area contributed by atoms with Gasteiger partial charge >= 0.3 is 0 Å². The van der Waals surface area contributed by atoms with Crippen molar-refractivity contribution in [2.45, 2.75) is 69.8 Å². The van der Waals surface area contributed by atoms with E-state index in [1.807, 2.05) is 13.8 Å². The molecule has 0 bridgehead atoms. The maximum Gasteiger partial charge on any atom is 0.241 e. The van der Waals surface area contributed by atoms with Gasteiger partial charge < -0.3 is 10.2 Å². The van der Waals surface area contributed by atoms with Crippen molar-refractivity contribution in [3.63, 3.8) is 0 Å². The van der Waals surface area contributed by atoms with E-state index in [0.717, 1.165) is 0 Å². The predicted octanol–water partition coefficient (Wildman–Crippen LogP) is 0.315. The smallest absolute Gasteiger partial charge is 0.241 e. The minimum Gasteiger partial charge on any atom is -0.352 e. The second-order valence-corrected chi connectivity index (χ2v) is 9.90. The van der Waals surface area contributed by atoms with E-state index in [2.05, 4.69) is 5.32 Å². The Bertz CT molecular complexity index is 629. The first kappa shape index (κ1) is 17.7. The second-order valence-electron chi connectivity index (χ2n) is 7.74. The van der Waals surface area contributed by atoms with Gasteiger partial charge in [-0.05, 0) is 31.6 Å². The summed E-state index contributed by atoms with van der Waals surface area (Å²) in [6.45, 7) is 6.31. The number of carbonyl (C=O) groups is 2. The van der Waals surface area contributed by atoms with Crippen LogP contribution >= 0.6 is 0 Å². The third kappa shape index (κ3) is 3.31. The zero-order chi connectivity index (χ0) is 17.6. The van der Waals surface area contributed by atoms with Crippen molar-refractivity contribution in [3.05, 3.63) is 0 Å². The largest absolute Gasteiger partial charge is 0.352 e. The van der Waals surface area contributed by atoms with Crippen molar-refractivity contribution in [2.24, 2.45) is 5.92 Å². The average molecular weight is 357 g/mol. The number of carbonyl (C=O) groups excluding carboxylic acids is 2. The van der Waals surface area contributed by atoms with Crippen molar-refractivity contribution in [2.75, 3.05) is 13.1 Å². The number of hydrogen-bond donors (Lipinski definition) is 1. The molecule has 0 radical (unpaired) electrons. The molecule has 2 aliphatic heterocycles. The Morgan fingerprint density at radius 3 is 2.50 bits per heavy atom. The van der Waals surface area contributed by atoms with E-state index in [9.17, 15) is 18.0 Å². The molecule has 0 aromatic heterocycles. The Morgan fingerprint density at radius 1 is 1.29 bits per heavy atom. The molecule has 2 saturated heterocycles. The van der Waals surface area contributed by atoms with Crippen LogP contribution in [0.25, 0.3) is 0 Å². The highest BCUT2D eigenvalue weighted by molar-refractivity contribution is 7.90. The lowest BCUT2D eigenvalue weighted by Crippen LogP contribution is -2.61. The van der Waals surface area contributed by atoms with Crippen LogP contribution in [0.2, 0.25) is 0 Å². The predicted molar refractivity (Wildman–Crippen MR) is 89.6 cm³/mol. The van der Waals surface area contributed by atoms with E-state index in [0.29, 0.717) is 38.8 Å². The van der Waals surface area contributed by atoms with E-state index in [1.165, 1.54) is 11.2 Å². The Kier molecular flexibility index (Phi) is 4.63. The number of rotatable bonds is 5. The molecule has 0 aromatic carbocycles. The van der Waals surface area contributed by atoms with Gasteiger partial charge in [0.1, 0.15) is 6.04 Å². The molecule has 3 rings (SSSR count). The minimum absolute atomic E-state index is 0.0836. The zero-order valence-corrected chi connectivity index (χ0v) is 15.4. The van der Waals surface area contributed by atoms with Crippen LogP contribution < -0.4 is 5.32 Å². The van der Waals surface area contributed by atoms with Crippen molar-refractivity contribution in [1.29, 1.82) is 0 Å². The SMILES string of the molecule is CC(=O)N[C@H]1C[C@H]2CN(S(=O)(=O)C3CC3)[C@@H](CC(C)C)C(=O)N2C1. The van der Waals surface area contributed by atoms with Gasteiger partial charge in [-0.25, -0.2) is 8.42 Å². The van der Waals surface area contributed by atoms with Crippen LogP contribution in [0.4, 0.5) is 0 Å². The number of nitrogens with one attached hydrogen (secondary N) is 1. The Labute approximate surface area is 143 Å². The van der Waals surface area contributed by atoms with Crippen LogP contribution in [0.15, 0.2) is 0 Å². The van der Waals surface area contributed by atoms with E-state index >= 15 is 0 Å². The monoisotopic (exact) mass is 357 g/mol. The number of fused-ring (bicyclic) bond motifs is 1. The fourth-order valence-electron chi connectivity index (χ4n) is 3.90. The van der Waals surface area contributed by atoms with Crippen molar-refractivity contribution < 1.29 is 18.0 Å². The highest BCUT2D eigenvalue weighted by Gasteiger charge is 2.52. The van der Waals surface area contributed by atoms with Crippen LogP contribution in [0.1, 0.15) is 46.5 Å². The van der Waals surface area contributed by atoms with Gasteiger partial charge in [0.2, 0.25) is 21.8 Å². The lowest BCUT2D eigenvalue weighted by Gasteiger charge is -2.42. The van der Waals surface area contributed by atoms with Crippen LogP contribution in [0.5, 0.6) is 0 Å². The standard InChI is InChI=1S/C16H27N3O4S/c1-10(2)6-15-16(21)18-8-12(17-11(3)20)7-13(18)9-19(15)24(22,23)14-4-5-14/h10,12-15H,4-9H2,1-3H3,(H,17,20)/t12-,13-,15-/m0/s1. The first-order valence-electron chi connectivity index (χ1n) is 8.78. The summed E-state index contributed by atoms with van der Waals surface area (Å²) in [5.41, 5.74) is 0. The quantitative estimate of drug-likeness (QED) is 0.767. The molecule has 1 saturated carbocycles. The number of piperazine rings is 1. The van der Waals surface area contributed by atoms with E-state index in [4.69, 9.17) is 0 Å². The maximum atomic E-state index is 13.0. The number of sulfonamides is 1. The Morgan fingerprint density at radius 2 is 1.96 bits per heavy atom. The molecule has 7 nitrogen and oxygen atoms in total. The lowest BCUT2D eigenvalue weighted by molar-refractivity contribution is -0.141. The summed E-state index contributed by atoms with van der Waals surface area (Å²) in [7, 11) is -3.40. The molecule has 1 N–H and O–H groups in total. The fourth-order valence-corrected chi connectivity index (χ4v) is 5.93. The van der Waals surface area contributed by atoms with Crippen LogP contribution in [-0.2, 0) is 19.6 Å². The summed E-state index contributed by atoms with van der Waals surface area (Å²) < 4.78 is 27.1. The van der Waals surface area contributed by atoms with Gasteiger partial charge in [0.25, 0.3) is 0 Å². The molecule has 24 heavy (non-hydrogen) atoms. The van der Waals surface area contributed by atoms with Crippen LogP contribution in [-0.4, -0.2) is 65.9 Å². The average Bonchev–Trinajstić information content (AvgIpc) is 3.23. The van der Waals surface area contributed by atoms with Gasteiger partial charge in [-0.1, -0.05) is 13.8 Å². The maximum absolute atomic E-state index is 13.0. The molecule has 2 amide bonds. The molecule has 0 unspecified atom stereocenters. The van der Waals surface area contributed by atoms with E-state index in [1.54, 1.807) is 4.90 Å². The summed E-state index contributed by atoms with van der Waals surface area (Å²) in [5.74, 6) is 0.0201. The van der Waals surface area contributed by atoms with Gasteiger partial charge in [-0.15, -0.1) is 0 Å². The second kappa shape index (κ2) is 6.29. The number of hydrogen-bond acceptors (Lipinski definition) is 4. The lowest BCUT2D eigenvalue weighted by atomic mass is 9.99. The molecule has 2 heterocycles. The van der Waals surface area contributed by atoms with Gasteiger partial charge in [0, 0.05) is 32.1 Å². The molecule has 3 fully saturated rings. The Balaban J connectivity index is 1.84. The third-order valence-electron chi connectivity index (χ3n) is 5.10. The van der Waals surface area contributed by atoms with Crippen LogP contribution in [0.3, 0.4) is 0 Å². The van der Waals surface area contributed by atoms with Crippen molar-refractivity contribution >= 4 is 21.8 Å². The van der Waals surface area contributed by atoms with Crippen molar-refractivity contribution in [1.82, 2.24) is 14.5 Å². The highest BCUT2D eigenvalue weighted by atomic mass is 32.2. The first-order chi connectivity index (χ1) is 11.2. The van der Waals surface area contributed by atoms with E-state index < -0.39 is 16.1 Å². The minimum atomic E-state index is -3.40. The normalized spacial score (nSPS) is 31.4. The highest BCUT2D eigenvalue weighted by Crippen LogP contribution is 2.37. The summed E-state index contributed by atoms with van der Waals surface area (Å²) in [5, 5.41) is 2.56. The van der Waals surface area contributed by atoms with Gasteiger partial charge in [-0.3, -0.25) is 9.59 Å². The summed E-state index contributed by atoms with van der Waals surface area (Å²) in [6.07, 6.45) is 2.56. The van der Waals surface area contributed by atoms with Gasteiger partial charge in [0.05, 0.1) is 5.25 Å². The van der Waals surface area contributed by atoms with Gasteiger partial charge in [-0.2, -0.15) is 4.31 Å². The topological polar surface area (TPSA) is 86.8 Å². The molecule has 1 aliphatic carbocycles. The van der Waals surface area contributed by atoms with Gasteiger partial charge in [0.15, 0.2) is 0 Å². The Hall–Kier alpha value is -1.15. The van der Waals surface area contributed by atoms with E-state index in [-0.39, 0.29) is 35.1 Å². The van der Waals surface area contributed by atoms with Crippen LogP contribution in [0, 0.1) is 5.92 Å². The fraction of sp³-hybridized carbons (Fsp3) is 0.875. The first-order valence-corrected chi connectivity index (χ1v) is 10.3. The molecule has 3 atom stereocenters. The molecule has 0 spiro atoms. The molecule has 136 valence electrons. The molecule has 8 heteroatoms. The summed E-state index contributed by atoms with van der Waals surface area (Å²) in [6, 6.07) is -0.811. The molecule has 3 aliphatic rings. The summed E-state index contributed by atoms with van der Waals surface area (Å²) >= 11 is 0. The molecular weight excluding hydrogens is 330 g/mol. The molecule has 0 aromatic rings.